The lowest BCUT2D eigenvalue weighted by molar-refractivity contribution is -0.115. The Morgan fingerprint density at radius 3 is 2.00 bits per heavy atom. The van der Waals surface area contributed by atoms with Gasteiger partial charge in [-0.05, 0) is 42.0 Å². The minimum atomic E-state index is -1.50. The number of hydrogen-bond acceptors (Lipinski definition) is 6. The molecule has 0 aliphatic heterocycles. The first kappa shape index (κ1) is 33.1. The summed E-state index contributed by atoms with van der Waals surface area (Å²) in [7, 11) is 0. The van der Waals surface area contributed by atoms with Crippen LogP contribution in [0.3, 0.4) is 0 Å². The number of aromatic carboxylic acids is 1. The number of nitrogens with zero attached hydrogens (tertiary/aromatic N) is 1. The van der Waals surface area contributed by atoms with E-state index in [1.165, 1.54) is 23.1 Å². The van der Waals surface area contributed by atoms with Gasteiger partial charge >= 0.3 is 5.97 Å². The number of halogens is 5. The summed E-state index contributed by atoms with van der Waals surface area (Å²) in [6.45, 7) is 0. The predicted octanol–water partition coefficient (Wildman–Crippen LogP) is 10.5. The Kier molecular flexibility index (Phi) is 10.6. The molecule has 5 aromatic rings. The van der Waals surface area contributed by atoms with Crippen molar-refractivity contribution in [2.75, 3.05) is 10.6 Å². The molecule has 0 saturated heterocycles. The zero-order valence-corrected chi connectivity index (χ0v) is 27.9. The van der Waals surface area contributed by atoms with Crippen LogP contribution >= 0.6 is 81.1 Å². The summed E-state index contributed by atoms with van der Waals surface area (Å²) >= 11 is 32.9. The summed E-state index contributed by atoms with van der Waals surface area (Å²) in [5.74, 6) is -2.62. The topological polar surface area (TPSA) is 108 Å². The Hall–Kier alpha value is -3.28. The molecule has 1 unspecified atom stereocenters. The van der Waals surface area contributed by atoms with E-state index in [-0.39, 0.29) is 21.0 Å². The van der Waals surface area contributed by atoms with Gasteiger partial charge in [-0.1, -0.05) is 100 Å². The first-order valence-electron chi connectivity index (χ1n) is 12.8. The van der Waals surface area contributed by atoms with Gasteiger partial charge in [0.15, 0.2) is 5.13 Å². The third-order valence-electron chi connectivity index (χ3n) is 6.29. The number of carboxylic acid groups (broad SMARTS) is 1. The minimum Gasteiger partial charge on any atom is -0.478 e. The second-order valence-corrected chi connectivity index (χ2v) is 13.2. The van der Waals surface area contributed by atoms with Gasteiger partial charge in [-0.15, -0.1) is 23.1 Å². The van der Waals surface area contributed by atoms with Gasteiger partial charge in [0.2, 0.25) is 5.91 Å². The number of rotatable bonds is 9. The van der Waals surface area contributed by atoms with Crippen LogP contribution < -0.4 is 10.6 Å². The third-order valence-corrected chi connectivity index (χ3v) is 10.4. The van der Waals surface area contributed by atoms with Gasteiger partial charge in [-0.2, -0.15) is 0 Å². The number of carboxylic acids is 1. The molecular formula is C31H18Cl5N3O4S2. The van der Waals surface area contributed by atoms with Crippen LogP contribution in [0.25, 0.3) is 11.3 Å². The Bertz CT molecular complexity index is 1900. The molecule has 2 amide bonds. The Morgan fingerprint density at radius 1 is 0.756 bits per heavy atom. The van der Waals surface area contributed by atoms with Crippen molar-refractivity contribution in [1.29, 1.82) is 0 Å². The fourth-order valence-electron chi connectivity index (χ4n) is 4.15. The molecule has 1 atom stereocenters. The molecule has 7 nitrogen and oxygen atoms in total. The van der Waals surface area contributed by atoms with Crippen molar-refractivity contribution >= 4 is 110 Å². The highest BCUT2D eigenvalue weighted by atomic mass is 35.5. The van der Waals surface area contributed by atoms with Crippen LogP contribution in [0.5, 0.6) is 0 Å². The lowest BCUT2D eigenvalue weighted by Crippen LogP contribution is -2.19. The van der Waals surface area contributed by atoms with Crippen LogP contribution in [0.4, 0.5) is 10.8 Å². The lowest BCUT2D eigenvalue weighted by Gasteiger charge is -2.17. The van der Waals surface area contributed by atoms with Gasteiger partial charge in [-0.25, -0.2) is 9.78 Å². The van der Waals surface area contributed by atoms with E-state index in [2.05, 4.69) is 15.6 Å². The molecule has 0 radical (unpaired) electrons. The predicted molar refractivity (Wildman–Crippen MR) is 184 cm³/mol. The minimum absolute atomic E-state index is 0.241. The summed E-state index contributed by atoms with van der Waals surface area (Å²) in [6.07, 6.45) is 0. The number of anilines is 2. The van der Waals surface area contributed by atoms with Crippen molar-refractivity contribution in [1.82, 2.24) is 4.98 Å². The molecule has 0 aliphatic carbocycles. The normalized spacial score (nSPS) is 11.6. The van der Waals surface area contributed by atoms with Crippen molar-refractivity contribution in [3.8, 4) is 11.3 Å². The average Bonchev–Trinajstić information content (AvgIpc) is 3.50. The molecular weight excluding hydrogens is 720 g/mol. The molecule has 0 spiro atoms. The number of benzene rings is 4. The van der Waals surface area contributed by atoms with Crippen LogP contribution in [0, 0.1) is 0 Å². The molecule has 3 N–H and O–H groups in total. The van der Waals surface area contributed by atoms with E-state index in [1.807, 2.05) is 47.8 Å². The molecule has 0 saturated carbocycles. The maximum Gasteiger partial charge on any atom is 0.338 e. The second-order valence-electron chi connectivity index (χ2n) is 9.23. The van der Waals surface area contributed by atoms with Crippen LogP contribution in [0.1, 0.15) is 31.5 Å². The third kappa shape index (κ3) is 7.58. The van der Waals surface area contributed by atoms with Crippen LogP contribution in [0.15, 0.2) is 89.1 Å². The molecule has 0 fully saturated rings. The number of aromatic nitrogens is 1. The number of amides is 2. The number of carbonyl (C=O) groups is 3. The number of thiazole rings is 1. The van der Waals surface area contributed by atoms with Crippen LogP contribution in [-0.2, 0) is 4.79 Å². The number of hydrogen-bond donors (Lipinski definition) is 3. The highest BCUT2D eigenvalue weighted by Crippen LogP contribution is 2.42. The van der Waals surface area contributed by atoms with Crippen molar-refractivity contribution < 1.29 is 19.5 Å². The van der Waals surface area contributed by atoms with E-state index in [1.54, 1.807) is 36.4 Å². The molecule has 5 rings (SSSR count). The van der Waals surface area contributed by atoms with Gasteiger partial charge < -0.3 is 15.7 Å². The molecule has 0 bridgehead atoms. The molecule has 45 heavy (non-hydrogen) atoms. The van der Waals surface area contributed by atoms with Gasteiger partial charge in [0.25, 0.3) is 5.91 Å². The molecule has 14 heteroatoms. The SMILES string of the molecule is O=C(O)c1c(Cl)c(Cl)c(Cl)c(Cl)c1C(=O)Nc1ccc(SC(C(=O)Nc2nc(-c3ccc(Cl)cc3)cs2)c2ccccc2)cc1. The summed E-state index contributed by atoms with van der Waals surface area (Å²) in [6, 6.07) is 23.2. The summed E-state index contributed by atoms with van der Waals surface area (Å²) in [4.78, 5) is 43.8. The van der Waals surface area contributed by atoms with E-state index >= 15 is 0 Å². The maximum absolute atomic E-state index is 13.5. The van der Waals surface area contributed by atoms with Gasteiger partial charge in [-0.3, -0.25) is 9.59 Å². The number of carbonyl (C=O) groups excluding carboxylic acids is 2. The van der Waals surface area contributed by atoms with Crippen LogP contribution in [-0.4, -0.2) is 27.9 Å². The fraction of sp³-hybridized carbons (Fsp3) is 0.0323. The quantitative estimate of drug-likeness (QED) is 0.0790. The zero-order chi connectivity index (χ0) is 32.2. The van der Waals surface area contributed by atoms with Crippen LogP contribution in [0.2, 0.25) is 25.1 Å². The molecule has 1 aromatic heterocycles. The van der Waals surface area contributed by atoms with Gasteiger partial charge in [0.05, 0.1) is 36.9 Å². The zero-order valence-electron chi connectivity index (χ0n) is 22.5. The number of thioether (sulfide) groups is 1. The smallest absolute Gasteiger partial charge is 0.338 e. The van der Waals surface area contributed by atoms with Crippen molar-refractivity contribution in [2.45, 2.75) is 10.1 Å². The molecule has 0 aliphatic rings. The van der Waals surface area contributed by atoms with Crippen molar-refractivity contribution in [3.05, 3.63) is 126 Å². The standard InChI is InChI=1S/C31H18Cl5N3O4S2/c32-17-8-6-15(7-9-17)20-14-44-31(38-20)39-29(41)27(16-4-2-1-3-5-16)45-19-12-10-18(11-13-19)37-28(40)21-22(30(42)43)24(34)26(36)25(35)23(21)33/h1-14,27H,(H,37,40)(H,42,43)(H,38,39,41). The average molecular weight is 738 g/mol. The molecule has 4 aromatic carbocycles. The Morgan fingerprint density at radius 2 is 1.38 bits per heavy atom. The summed E-state index contributed by atoms with van der Waals surface area (Å²) in [5.41, 5.74) is 1.70. The van der Waals surface area contributed by atoms with E-state index in [9.17, 15) is 19.5 Å². The largest absolute Gasteiger partial charge is 0.478 e. The van der Waals surface area contributed by atoms with E-state index < -0.39 is 33.3 Å². The van der Waals surface area contributed by atoms with E-state index in [4.69, 9.17) is 58.0 Å². The first-order valence-corrected chi connectivity index (χ1v) is 16.4. The summed E-state index contributed by atoms with van der Waals surface area (Å²) in [5, 5.41) is 16.2. The second kappa shape index (κ2) is 14.4. The highest BCUT2D eigenvalue weighted by Gasteiger charge is 2.29. The van der Waals surface area contributed by atoms with E-state index in [0.29, 0.717) is 21.5 Å². The van der Waals surface area contributed by atoms with Crippen molar-refractivity contribution in [3.63, 3.8) is 0 Å². The Labute approximate surface area is 290 Å². The monoisotopic (exact) mass is 735 g/mol. The molecule has 1 heterocycles. The van der Waals surface area contributed by atoms with Gasteiger partial charge in [0.1, 0.15) is 5.25 Å². The Balaban J connectivity index is 1.34. The fourth-order valence-corrected chi connectivity index (χ4v) is 7.04. The summed E-state index contributed by atoms with van der Waals surface area (Å²) < 4.78 is 0. The number of nitrogens with one attached hydrogen (secondary N) is 2. The van der Waals surface area contributed by atoms with Crippen molar-refractivity contribution in [2.24, 2.45) is 0 Å². The van der Waals surface area contributed by atoms with E-state index in [0.717, 1.165) is 16.0 Å². The lowest BCUT2D eigenvalue weighted by atomic mass is 10.1. The first-order chi connectivity index (χ1) is 21.5. The van der Waals surface area contributed by atoms with Gasteiger partial charge in [0, 0.05) is 26.5 Å². The highest BCUT2D eigenvalue weighted by molar-refractivity contribution is 8.00. The molecule has 228 valence electrons. The maximum atomic E-state index is 13.5.